The maximum absolute atomic E-state index is 3.68. The van der Waals surface area contributed by atoms with Crippen LogP contribution in [0.25, 0.3) is 0 Å². The van der Waals surface area contributed by atoms with Gasteiger partial charge in [0.05, 0.1) is 19.0 Å². The predicted molar refractivity (Wildman–Crippen MR) is 167 cm³/mol. The second-order valence-electron chi connectivity index (χ2n) is 11.0. The van der Waals surface area contributed by atoms with Crippen molar-refractivity contribution in [2.24, 2.45) is 0 Å². The zero-order valence-corrected chi connectivity index (χ0v) is 31.6. The van der Waals surface area contributed by atoms with Crippen LogP contribution in [-0.2, 0) is 0 Å². The van der Waals surface area contributed by atoms with E-state index in [0.717, 1.165) is 19.0 Å². The molecule has 4 rings (SSSR count). The van der Waals surface area contributed by atoms with Gasteiger partial charge in [0.25, 0.3) is 0 Å². The van der Waals surface area contributed by atoms with Crippen LogP contribution in [0.2, 0.25) is 10.1 Å². The maximum atomic E-state index is 3.68. The minimum Gasteiger partial charge on any atom is -0.266 e. The normalized spacial score (nSPS) is 22.9. The van der Waals surface area contributed by atoms with Crippen molar-refractivity contribution >= 4 is 78.3 Å². The van der Waals surface area contributed by atoms with Crippen LogP contribution in [0.3, 0.4) is 0 Å². The molecule has 0 amide bonds. The third-order valence-corrected chi connectivity index (χ3v) is 12.2. The number of rotatable bonds is 4. The number of hydrogen-bond donors (Lipinski definition) is 0. The van der Waals surface area contributed by atoms with E-state index >= 15 is 0 Å². The van der Waals surface area contributed by atoms with Crippen molar-refractivity contribution in [1.82, 2.24) is 0 Å². The van der Waals surface area contributed by atoms with Gasteiger partial charge in [-0.05, 0) is 49.9 Å². The summed E-state index contributed by atoms with van der Waals surface area (Å²) in [7, 11) is 1.54. The van der Waals surface area contributed by atoms with Gasteiger partial charge in [0.1, 0.15) is 0 Å². The molecule has 0 saturated carbocycles. The summed E-state index contributed by atoms with van der Waals surface area (Å²) in [5.74, 6) is 0. The van der Waals surface area contributed by atoms with Crippen LogP contribution in [0.15, 0.2) is 69.8 Å². The van der Waals surface area contributed by atoms with Gasteiger partial charge in [-0.25, -0.2) is 11.1 Å². The first-order valence-corrected chi connectivity index (χ1v) is 15.0. The monoisotopic (exact) mass is 644 g/mol. The average Bonchev–Trinajstić information content (AvgIpc) is 3.13. The molecule has 0 fully saturated rings. The number of benzene rings is 2. The maximum Gasteiger partial charge on any atom is 2.00 e. The Hall–Kier alpha value is -0.595. The number of hydrogen-bond acceptors (Lipinski definition) is 0. The molecule has 0 aromatic heterocycles. The van der Waals surface area contributed by atoms with Crippen molar-refractivity contribution in [3.63, 3.8) is 0 Å². The molecule has 2 aliphatic carbocycles. The molecule has 4 radical (unpaired) electrons. The summed E-state index contributed by atoms with van der Waals surface area (Å²) in [6.07, 6.45) is 7.36. The zero-order valence-electron chi connectivity index (χ0n) is 25.2. The Balaban J connectivity index is 0.000000253. The van der Waals surface area contributed by atoms with E-state index in [-0.39, 0.29) is 59.0 Å². The van der Waals surface area contributed by atoms with Gasteiger partial charge < -0.3 is 0 Å². The average molecular weight is 644 g/mol. The third-order valence-electron chi connectivity index (χ3n) is 8.60. The molecule has 0 heterocycles. The Bertz CT molecular complexity index is 1210. The van der Waals surface area contributed by atoms with E-state index in [1.165, 1.54) is 66.1 Å². The van der Waals surface area contributed by atoms with Crippen LogP contribution in [0.1, 0.15) is 77.6 Å². The summed E-state index contributed by atoms with van der Waals surface area (Å²) in [5.41, 5.74) is 14.1. The van der Waals surface area contributed by atoms with Gasteiger partial charge in [0.2, 0.25) is 0 Å². The fourth-order valence-electron chi connectivity index (χ4n) is 5.00. The minimum atomic E-state index is 0. The molecule has 0 aliphatic heterocycles. The first-order valence-electron chi connectivity index (χ1n) is 13.0. The molecule has 37 heavy (non-hydrogen) atoms. The second-order valence-corrected chi connectivity index (χ2v) is 14.6. The van der Waals surface area contributed by atoms with Crippen molar-refractivity contribution in [2.45, 2.75) is 93.2 Å². The van der Waals surface area contributed by atoms with Gasteiger partial charge >= 0.3 is 48.9 Å². The van der Waals surface area contributed by atoms with Gasteiger partial charge in [0.15, 0.2) is 0 Å². The molecule has 0 bridgehead atoms. The van der Waals surface area contributed by atoms with Crippen LogP contribution in [0, 0.1) is 39.8 Å². The van der Waals surface area contributed by atoms with E-state index in [4.69, 9.17) is 0 Å². The summed E-state index contributed by atoms with van der Waals surface area (Å²) in [6.45, 7) is 26.8. The quantitative estimate of drug-likeness (QED) is 0.240. The molecule has 0 saturated heterocycles. The summed E-state index contributed by atoms with van der Waals surface area (Å²) < 4.78 is 0. The summed E-state index contributed by atoms with van der Waals surface area (Å²) in [6, 6.07) is 13.3. The molecule has 0 nitrogen and oxygen atoms in total. The topological polar surface area (TPSA) is 0 Å². The third kappa shape index (κ3) is 6.95. The predicted octanol–water partition coefficient (Wildman–Crippen LogP) is 7.44. The van der Waals surface area contributed by atoms with Crippen LogP contribution in [0.4, 0.5) is 0 Å². The summed E-state index contributed by atoms with van der Waals surface area (Å²) in [4.78, 5) is 0. The molecular weight excluding hydrogens is 602 g/mol. The van der Waals surface area contributed by atoms with Gasteiger partial charge in [0, 0.05) is 0 Å². The molecule has 2 unspecified atom stereocenters. The first kappa shape index (κ1) is 32.6. The molecule has 3 heteroatoms. The van der Waals surface area contributed by atoms with E-state index in [2.05, 4.69) is 132 Å². The van der Waals surface area contributed by atoms with Crippen LogP contribution in [-0.4, -0.2) is 67.9 Å². The Morgan fingerprint density at radius 1 is 0.541 bits per heavy atom. The van der Waals surface area contributed by atoms with Crippen LogP contribution < -0.4 is 10.4 Å². The molecule has 2 aromatic rings. The zero-order chi connectivity index (χ0) is 27.0. The molecule has 2 aliphatic rings. The molecular formula is C34H42BaSi2. The Morgan fingerprint density at radius 2 is 0.865 bits per heavy atom. The van der Waals surface area contributed by atoms with Gasteiger partial charge in [-0.3, -0.25) is 12.2 Å². The summed E-state index contributed by atoms with van der Waals surface area (Å²) >= 11 is 0. The van der Waals surface area contributed by atoms with Crippen molar-refractivity contribution in [3.05, 3.63) is 104 Å². The number of aryl methyl sites for hydroxylation is 2. The summed E-state index contributed by atoms with van der Waals surface area (Å²) in [5, 5.41) is 3.16. The standard InChI is InChI=1S/2C17H21Si.Ba/c2*1-11-8-7-9-16(14(11)4)18-17(6)10-12(2)13(3)15(17)5;/h2*7-9H,1-6H3;/q2*-1;+2. The SMILES string of the molecule is CC1=[C-]C(C)([Si]c2cccc(C)c2C)C(C)=C1C.CC1=[C-]C(C)([Si]c2cccc(C)c2C)C(C)=C1C.[Ba+2]. The van der Waals surface area contributed by atoms with E-state index in [0.29, 0.717) is 0 Å². The fourth-order valence-corrected chi connectivity index (χ4v) is 8.46. The second kappa shape index (κ2) is 12.7. The Labute approximate surface area is 272 Å². The van der Waals surface area contributed by atoms with E-state index in [1.807, 2.05) is 0 Å². The van der Waals surface area contributed by atoms with E-state index in [1.54, 1.807) is 0 Å². The van der Waals surface area contributed by atoms with Gasteiger partial charge in [-0.2, -0.15) is 22.3 Å². The molecule has 2 atom stereocenters. The first-order chi connectivity index (χ1) is 16.7. The van der Waals surface area contributed by atoms with Crippen molar-refractivity contribution < 1.29 is 0 Å². The molecule has 2 aromatic carbocycles. The fraction of sp³-hybridized carbons (Fsp3) is 0.412. The van der Waals surface area contributed by atoms with Crippen LogP contribution >= 0.6 is 0 Å². The van der Waals surface area contributed by atoms with Crippen molar-refractivity contribution in [1.29, 1.82) is 0 Å². The van der Waals surface area contributed by atoms with Crippen molar-refractivity contribution in [3.8, 4) is 0 Å². The van der Waals surface area contributed by atoms with Crippen LogP contribution in [0.5, 0.6) is 0 Å². The van der Waals surface area contributed by atoms with E-state index < -0.39 is 0 Å². The molecule has 0 spiro atoms. The molecule has 0 N–H and O–H groups in total. The van der Waals surface area contributed by atoms with Gasteiger partial charge in [-0.1, -0.05) is 98.4 Å². The van der Waals surface area contributed by atoms with Crippen molar-refractivity contribution in [2.75, 3.05) is 0 Å². The smallest absolute Gasteiger partial charge is 0.266 e. The molecule has 188 valence electrons. The Kier molecular flexibility index (Phi) is 11.2. The Morgan fingerprint density at radius 3 is 1.14 bits per heavy atom. The largest absolute Gasteiger partial charge is 2.00 e. The van der Waals surface area contributed by atoms with Gasteiger partial charge in [-0.15, -0.1) is 13.8 Å². The minimum absolute atomic E-state index is 0. The number of allylic oxidation sites excluding steroid dienone is 8. The van der Waals surface area contributed by atoms with E-state index in [9.17, 15) is 0 Å².